The van der Waals surface area contributed by atoms with Gasteiger partial charge in [0.1, 0.15) is 6.61 Å². The molecule has 1 N–H and O–H groups in total. The van der Waals surface area contributed by atoms with Gasteiger partial charge < -0.3 is 19.5 Å². The van der Waals surface area contributed by atoms with Gasteiger partial charge in [0.05, 0.1) is 6.61 Å². The van der Waals surface area contributed by atoms with Crippen LogP contribution >= 0.6 is 0 Å². The molecule has 0 atom stereocenters. The number of alkyl halides is 3. The summed E-state index contributed by atoms with van der Waals surface area (Å²) in [6.45, 7) is 4.29. The Morgan fingerprint density at radius 3 is 2.18 bits per heavy atom. The quantitative estimate of drug-likeness (QED) is 0.477. The van der Waals surface area contributed by atoms with E-state index in [0.717, 1.165) is 0 Å². The van der Waals surface area contributed by atoms with E-state index in [4.69, 9.17) is 9.47 Å². The molecule has 0 heterocycles. The minimum atomic E-state index is -4.26. The van der Waals surface area contributed by atoms with Crippen LogP contribution in [0.3, 0.4) is 0 Å². The third-order valence-electron chi connectivity index (χ3n) is 1.71. The standard InChI is InChI=1S/C10H20F3NO3/c1-3-16-9(17-4-2)7-14-5-6-15-8-10(11,12)13/h9,14H,3-8H2,1-2H3. The molecule has 0 aliphatic carbocycles. The Balaban J connectivity index is 3.41. The summed E-state index contributed by atoms with van der Waals surface area (Å²) in [5, 5.41) is 2.90. The average Bonchev–Trinajstić information content (AvgIpc) is 2.22. The Kier molecular flexibility index (Phi) is 9.43. The first kappa shape index (κ1) is 16.6. The van der Waals surface area contributed by atoms with Crippen molar-refractivity contribution in [2.24, 2.45) is 0 Å². The number of rotatable bonds is 10. The van der Waals surface area contributed by atoms with Crippen LogP contribution in [-0.4, -0.2) is 52.0 Å². The summed E-state index contributed by atoms with van der Waals surface area (Å²) in [4.78, 5) is 0. The molecule has 0 saturated carbocycles. The molecule has 104 valence electrons. The van der Waals surface area contributed by atoms with Crippen LogP contribution in [0, 0.1) is 0 Å². The second-order valence-electron chi connectivity index (χ2n) is 3.21. The van der Waals surface area contributed by atoms with Gasteiger partial charge in [-0.25, -0.2) is 0 Å². The fourth-order valence-corrected chi connectivity index (χ4v) is 1.09. The molecule has 0 radical (unpaired) electrons. The van der Waals surface area contributed by atoms with E-state index < -0.39 is 12.8 Å². The van der Waals surface area contributed by atoms with Crippen LogP contribution in [0.4, 0.5) is 13.2 Å². The lowest BCUT2D eigenvalue weighted by molar-refractivity contribution is -0.173. The van der Waals surface area contributed by atoms with Crippen molar-refractivity contribution in [2.45, 2.75) is 26.3 Å². The summed E-state index contributed by atoms with van der Waals surface area (Å²) < 4.78 is 50.0. The van der Waals surface area contributed by atoms with Crippen molar-refractivity contribution in [1.29, 1.82) is 0 Å². The Bertz CT molecular complexity index is 173. The second kappa shape index (κ2) is 9.64. The molecule has 0 aliphatic heterocycles. The molecule has 0 aromatic heterocycles. The lowest BCUT2D eigenvalue weighted by Gasteiger charge is -2.17. The zero-order valence-corrected chi connectivity index (χ0v) is 10.2. The molecule has 0 spiro atoms. The molecule has 0 saturated heterocycles. The zero-order chi connectivity index (χ0) is 13.1. The molecule has 0 aromatic carbocycles. The Morgan fingerprint density at radius 1 is 1.12 bits per heavy atom. The minimum Gasteiger partial charge on any atom is -0.371 e. The molecule has 0 aromatic rings. The van der Waals surface area contributed by atoms with Gasteiger partial charge in [0, 0.05) is 26.3 Å². The molecule has 0 fully saturated rings. The van der Waals surface area contributed by atoms with Crippen LogP contribution < -0.4 is 5.32 Å². The molecule has 17 heavy (non-hydrogen) atoms. The molecule has 4 nitrogen and oxygen atoms in total. The third kappa shape index (κ3) is 11.9. The molecule has 0 bridgehead atoms. The number of halogens is 3. The van der Waals surface area contributed by atoms with Gasteiger partial charge in [-0.15, -0.1) is 0 Å². The minimum absolute atomic E-state index is 0.00444. The van der Waals surface area contributed by atoms with Gasteiger partial charge >= 0.3 is 6.18 Å². The maximum Gasteiger partial charge on any atom is 0.411 e. The van der Waals surface area contributed by atoms with Crippen LogP contribution in [0.5, 0.6) is 0 Å². The van der Waals surface area contributed by atoms with Crippen molar-refractivity contribution in [3.05, 3.63) is 0 Å². The summed E-state index contributed by atoms with van der Waals surface area (Å²) in [6, 6.07) is 0. The van der Waals surface area contributed by atoms with Crippen molar-refractivity contribution < 1.29 is 27.4 Å². The summed E-state index contributed by atoms with van der Waals surface area (Å²) in [5.41, 5.74) is 0. The smallest absolute Gasteiger partial charge is 0.371 e. The van der Waals surface area contributed by atoms with Crippen molar-refractivity contribution in [2.75, 3.05) is 39.5 Å². The van der Waals surface area contributed by atoms with Crippen LogP contribution in [0.1, 0.15) is 13.8 Å². The van der Waals surface area contributed by atoms with Crippen LogP contribution in [0.15, 0.2) is 0 Å². The highest BCUT2D eigenvalue weighted by atomic mass is 19.4. The second-order valence-corrected chi connectivity index (χ2v) is 3.21. The van der Waals surface area contributed by atoms with E-state index in [1.54, 1.807) is 0 Å². The van der Waals surface area contributed by atoms with Crippen LogP contribution in [0.2, 0.25) is 0 Å². The molecule has 0 amide bonds. The maximum atomic E-state index is 11.7. The molecule has 0 unspecified atom stereocenters. The van der Waals surface area contributed by atoms with E-state index >= 15 is 0 Å². The van der Waals surface area contributed by atoms with E-state index in [-0.39, 0.29) is 12.9 Å². The zero-order valence-electron chi connectivity index (χ0n) is 10.2. The van der Waals surface area contributed by atoms with Gasteiger partial charge in [0.15, 0.2) is 6.29 Å². The van der Waals surface area contributed by atoms with Crippen molar-refractivity contribution >= 4 is 0 Å². The van der Waals surface area contributed by atoms with E-state index in [1.807, 2.05) is 13.8 Å². The summed E-state index contributed by atoms with van der Waals surface area (Å²) in [5.74, 6) is 0. The van der Waals surface area contributed by atoms with Gasteiger partial charge in [-0.1, -0.05) is 0 Å². The SMILES string of the molecule is CCOC(CNCCOCC(F)(F)F)OCC. The van der Waals surface area contributed by atoms with Gasteiger partial charge in [-0.2, -0.15) is 13.2 Å². The van der Waals surface area contributed by atoms with Crippen LogP contribution in [-0.2, 0) is 14.2 Å². The van der Waals surface area contributed by atoms with E-state index in [1.165, 1.54) is 0 Å². The fraction of sp³-hybridized carbons (Fsp3) is 1.00. The molecule has 7 heteroatoms. The molecular weight excluding hydrogens is 239 g/mol. The highest BCUT2D eigenvalue weighted by molar-refractivity contribution is 4.52. The van der Waals surface area contributed by atoms with Gasteiger partial charge in [0.25, 0.3) is 0 Å². The maximum absolute atomic E-state index is 11.7. The van der Waals surface area contributed by atoms with Gasteiger partial charge in [-0.05, 0) is 13.8 Å². The Labute approximate surface area is 99.4 Å². The van der Waals surface area contributed by atoms with E-state index in [0.29, 0.717) is 26.3 Å². The summed E-state index contributed by atoms with van der Waals surface area (Å²) in [7, 11) is 0. The van der Waals surface area contributed by atoms with Crippen molar-refractivity contribution in [1.82, 2.24) is 5.32 Å². The highest BCUT2D eigenvalue weighted by Crippen LogP contribution is 2.13. The summed E-state index contributed by atoms with van der Waals surface area (Å²) >= 11 is 0. The van der Waals surface area contributed by atoms with E-state index in [9.17, 15) is 13.2 Å². The first-order chi connectivity index (χ1) is 7.99. The number of nitrogens with one attached hydrogen (secondary N) is 1. The normalized spacial score (nSPS) is 12.4. The topological polar surface area (TPSA) is 39.7 Å². The monoisotopic (exact) mass is 259 g/mol. The van der Waals surface area contributed by atoms with Crippen LogP contribution in [0.25, 0.3) is 0 Å². The third-order valence-corrected chi connectivity index (χ3v) is 1.71. The molecule has 0 rings (SSSR count). The largest absolute Gasteiger partial charge is 0.411 e. The lowest BCUT2D eigenvalue weighted by Crippen LogP contribution is -2.34. The molecular formula is C10H20F3NO3. The average molecular weight is 259 g/mol. The lowest BCUT2D eigenvalue weighted by atomic mass is 10.5. The fourth-order valence-electron chi connectivity index (χ4n) is 1.09. The Hall–Kier alpha value is -0.370. The Morgan fingerprint density at radius 2 is 1.71 bits per heavy atom. The first-order valence-corrected chi connectivity index (χ1v) is 5.58. The van der Waals surface area contributed by atoms with Gasteiger partial charge in [0.2, 0.25) is 0 Å². The predicted molar refractivity (Wildman–Crippen MR) is 56.8 cm³/mol. The van der Waals surface area contributed by atoms with E-state index in [2.05, 4.69) is 10.1 Å². The van der Waals surface area contributed by atoms with Crippen molar-refractivity contribution in [3.8, 4) is 0 Å². The predicted octanol–water partition coefficient (Wildman–Crippen LogP) is 1.55. The van der Waals surface area contributed by atoms with Crippen molar-refractivity contribution in [3.63, 3.8) is 0 Å². The number of hydrogen-bond donors (Lipinski definition) is 1. The highest BCUT2D eigenvalue weighted by Gasteiger charge is 2.27. The molecule has 0 aliphatic rings. The number of ether oxygens (including phenoxy) is 3. The first-order valence-electron chi connectivity index (χ1n) is 5.58. The number of hydrogen-bond acceptors (Lipinski definition) is 4. The summed E-state index contributed by atoms with van der Waals surface area (Å²) in [6.07, 6.45) is -4.63. The van der Waals surface area contributed by atoms with Gasteiger partial charge in [-0.3, -0.25) is 0 Å².